The SMILES string of the molecule is COc1ccc(Cl)c(Nc2nc(Cl)c(Cl)cc2Cl)c1. The maximum atomic E-state index is 6.08. The van der Waals surface area contributed by atoms with Gasteiger partial charge in [-0.3, -0.25) is 0 Å². The molecule has 0 unspecified atom stereocenters. The molecular formula is C12H8Cl4N2O. The van der Waals surface area contributed by atoms with Gasteiger partial charge in [-0.25, -0.2) is 4.98 Å². The van der Waals surface area contributed by atoms with Crippen LogP contribution in [0.1, 0.15) is 0 Å². The van der Waals surface area contributed by atoms with Crippen LogP contribution in [0.4, 0.5) is 11.5 Å². The van der Waals surface area contributed by atoms with Crippen LogP contribution in [-0.4, -0.2) is 12.1 Å². The van der Waals surface area contributed by atoms with Gasteiger partial charge in [0.05, 0.1) is 27.9 Å². The van der Waals surface area contributed by atoms with E-state index in [0.29, 0.717) is 27.3 Å². The number of nitrogens with zero attached hydrogens (tertiary/aromatic N) is 1. The van der Waals surface area contributed by atoms with E-state index in [4.69, 9.17) is 51.1 Å². The Balaban J connectivity index is 2.38. The van der Waals surface area contributed by atoms with Gasteiger partial charge >= 0.3 is 0 Å². The van der Waals surface area contributed by atoms with Crippen molar-refractivity contribution in [2.24, 2.45) is 0 Å². The molecule has 0 radical (unpaired) electrons. The van der Waals surface area contributed by atoms with Gasteiger partial charge in [0.15, 0.2) is 5.82 Å². The summed E-state index contributed by atoms with van der Waals surface area (Å²) in [7, 11) is 1.57. The molecule has 7 heteroatoms. The van der Waals surface area contributed by atoms with Crippen molar-refractivity contribution in [3.8, 4) is 5.75 Å². The molecule has 1 N–H and O–H groups in total. The lowest BCUT2D eigenvalue weighted by Gasteiger charge is -2.11. The number of halogens is 4. The molecule has 0 aliphatic heterocycles. The van der Waals surface area contributed by atoms with E-state index in [9.17, 15) is 0 Å². The molecule has 19 heavy (non-hydrogen) atoms. The molecular weight excluding hydrogens is 330 g/mol. The van der Waals surface area contributed by atoms with E-state index in [2.05, 4.69) is 10.3 Å². The lowest BCUT2D eigenvalue weighted by atomic mass is 10.3. The zero-order valence-electron chi connectivity index (χ0n) is 9.68. The first-order chi connectivity index (χ1) is 9.01. The van der Waals surface area contributed by atoms with Gasteiger partial charge in [0, 0.05) is 6.07 Å². The van der Waals surface area contributed by atoms with E-state index >= 15 is 0 Å². The molecule has 1 aromatic heterocycles. The molecule has 0 bridgehead atoms. The highest BCUT2D eigenvalue weighted by Gasteiger charge is 2.10. The standard InChI is InChI=1S/C12H8Cl4N2O/c1-19-6-2-3-7(13)10(4-6)17-12-9(15)5-8(14)11(16)18-12/h2-5H,1H3,(H,17,18). The second-order valence-corrected chi connectivity index (χ2v) is 5.14. The summed E-state index contributed by atoms with van der Waals surface area (Å²) in [5.41, 5.74) is 0.605. The Bertz CT molecular complexity index is 619. The number of ether oxygens (including phenoxy) is 1. The minimum absolute atomic E-state index is 0.160. The largest absolute Gasteiger partial charge is 0.497 e. The number of aromatic nitrogens is 1. The van der Waals surface area contributed by atoms with Crippen molar-refractivity contribution in [2.45, 2.75) is 0 Å². The van der Waals surface area contributed by atoms with E-state index < -0.39 is 0 Å². The molecule has 0 saturated carbocycles. The smallest absolute Gasteiger partial charge is 0.151 e. The summed E-state index contributed by atoms with van der Waals surface area (Å²) in [5.74, 6) is 1.02. The van der Waals surface area contributed by atoms with Gasteiger partial charge in [-0.15, -0.1) is 0 Å². The van der Waals surface area contributed by atoms with Crippen molar-refractivity contribution in [3.05, 3.63) is 44.5 Å². The first-order valence-corrected chi connectivity index (χ1v) is 6.64. The topological polar surface area (TPSA) is 34.1 Å². The number of hydrogen-bond donors (Lipinski definition) is 1. The van der Waals surface area contributed by atoms with E-state index in [1.165, 1.54) is 6.07 Å². The summed E-state index contributed by atoms with van der Waals surface area (Å²) < 4.78 is 5.12. The molecule has 1 aromatic carbocycles. The second-order valence-electron chi connectivity index (χ2n) is 3.56. The fourth-order valence-corrected chi connectivity index (χ4v) is 2.10. The molecule has 0 atom stereocenters. The van der Waals surface area contributed by atoms with Crippen molar-refractivity contribution >= 4 is 57.9 Å². The minimum Gasteiger partial charge on any atom is -0.497 e. The third kappa shape index (κ3) is 3.37. The van der Waals surface area contributed by atoms with Crippen molar-refractivity contribution in [3.63, 3.8) is 0 Å². The predicted octanol–water partition coefficient (Wildman–Crippen LogP) is 5.45. The molecule has 0 aliphatic carbocycles. The summed E-state index contributed by atoms with van der Waals surface area (Å²) >= 11 is 23.8. The number of methoxy groups -OCH3 is 1. The van der Waals surface area contributed by atoms with E-state index in [1.807, 2.05) is 0 Å². The van der Waals surface area contributed by atoms with Gasteiger partial charge in [-0.2, -0.15) is 0 Å². The van der Waals surface area contributed by atoms with Gasteiger partial charge in [0.2, 0.25) is 0 Å². The van der Waals surface area contributed by atoms with Crippen LogP contribution in [0, 0.1) is 0 Å². The Morgan fingerprint density at radius 1 is 1.00 bits per heavy atom. The molecule has 0 saturated heterocycles. The number of anilines is 2. The Hall–Kier alpha value is -0.870. The zero-order valence-corrected chi connectivity index (χ0v) is 12.7. The van der Waals surface area contributed by atoms with Crippen LogP contribution in [-0.2, 0) is 0 Å². The Labute approximate surface area is 130 Å². The molecule has 0 aliphatic rings. The second kappa shape index (κ2) is 6.06. The van der Waals surface area contributed by atoms with Crippen LogP contribution in [0.5, 0.6) is 5.75 Å². The summed E-state index contributed by atoms with van der Waals surface area (Å²) in [4.78, 5) is 4.06. The fraction of sp³-hybridized carbons (Fsp3) is 0.0833. The van der Waals surface area contributed by atoms with Gasteiger partial charge in [0.25, 0.3) is 0 Å². The highest BCUT2D eigenvalue weighted by Crippen LogP contribution is 2.34. The molecule has 0 fully saturated rings. The van der Waals surface area contributed by atoms with Gasteiger partial charge in [0.1, 0.15) is 10.9 Å². The highest BCUT2D eigenvalue weighted by atomic mass is 35.5. The van der Waals surface area contributed by atoms with E-state index in [-0.39, 0.29) is 10.2 Å². The Morgan fingerprint density at radius 3 is 2.42 bits per heavy atom. The lowest BCUT2D eigenvalue weighted by Crippen LogP contribution is -1.97. The molecule has 2 aromatic rings. The highest BCUT2D eigenvalue weighted by molar-refractivity contribution is 6.43. The molecule has 1 heterocycles. The third-order valence-electron chi connectivity index (χ3n) is 2.31. The molecule has 100 valence electrons. The normalized spacial score (nSPS) is 10.4. The predicted molar refractivity (Wildman–Crippen MR) is 80.6 cm³/mol. The number of rotatable bonds is 3. The van der Waals surface area contributed by atoms with Crippen molar-refractivity contribution < 1.29 is 4.74 Å². The van der Waals surface area contributed by atoms with Gasteiger partial charge in [-0.05, 0) is 18.2 Å². The van der Waals surface area contributed by atoms with Crippen molar-refractivity contribution in [1.29, 1.82) is 0 Å². The van der Waals surface area contributed by atoms with Gasteiger partial charge in [-0.1, -0.05) is 46.4 Å². The molecule has 0 spiro atoms. The first kappa shape index (κ1) is 14.5. The number of pyridine rings is 1. The van der Waals surface area contributed by atoms with Crippen LogP contribution < -0.4 is 10.1 Å². The van der Waals surface area contributed by atoms with Crippen LogP contribution >= 0.6 is 46.4 Å². The summed E-state index contributed by atoms with van der Waals surface area (Å²) in [6.45, 7) is 0. The first-order valence-electron chi connectivity index (χ1n) is 5.13. The summed E-state index contributed by atoms with van der Waals surface area (Å²) in [6.07, 6.45) is 0. The Morgan fingerprint density at radius 2 is 1.74 bits per heavy atom. The minimum atomic E-state index is 0.160. The third-order valence-corrected chi connectivity index (χ3v) is 3.60. The van der Waals surface area contributed by atoms with Crippen molar-refractivity contribution in [1.82, 2.24) is 4.98 Å². The van der Waals surface area contributed by atoms with Crippen LogP contribution in [0.25, 0.3) is 0 Å². The summed E-state index contributed by atoms with van der Waals surface area (Å²) in [5, 5.41) is 4.28. The fourth-order valence-electron chi connectivity index (χ4n) is 1.39. The zero-order chi connectivity index (χ0) is 14.0. The maximum absolute atomic E-state index is 6.08. The average molecular weight is 338 g/mol. The monoisotopic (exact) mass is 336 g/mol. The van der Waals surface area contributed by atoms with Crippen molar-refractivity contribution in [2.75, 3.05) is 12.4 Å². The summed E-state index contributed by atoms with van der Waals surface area (Å²) in [6, 6.07) is 6.68. The van der Waals surface area contributed by atoms with Gasteiger partial charge < -0.3 is 10.1 Å². The average Bonchev–Trinajstić information content (AvgIpc) is 2.38. The lowest BCUT2D eigenvalue weighted by molar-refractivity contribution is 0.415. The van der Waals surface area contributed by atoms with E-state index in [0.717, 1.165) is 0 Å². The Kier molecular flexibility index (Phi) is 4.63. The molecule has 3 nitrogen and oxygen atoms in total. The van der Waals surface area contributed by atoms with Crippen LogP contribution in [0.15, 0.2) is 24.3 Å². The van der Waals surface area contributed by atoms with Crippen LogP contribution in [0.3, 0.4) is 0 Å². The molecule has 2 rings (SSSR count). The maximum Gasteiger partial charge on any atom is 0.151 e. The van der Waals surface area contributed by atoms with Crippen LogP contribution in [0.2, 0.25) is 20.2 Å². The van der Waals surface area contributed by atoms with E-state index in [1.54, 1.807) is 25.3 Å². The number of nitrogens with one attached hydrogen (secondary N) is 1. The number of benzene rings is 1. The molecule has 0 amide bonds. The quantitative estimate of drug-likeness (QED) is 0.756. The number of hydrogen-bond acceptors (Lipinski definition) is 3.